The number of hydrogen-bond donors (Lipinski definition) is 0. The van der Waals surface area contributed by atoms with Gasteiger partial charge in [-0.3, -0.25) is 0 Å². The van der Waals surface area contributed by atoms with Crippen LogP contribution in [-0.4, -0.2) is 63.2 Å². The summed E-state index contributed by atoms with van der Waals surface area (Å²) < 4.78 is 0. The third kappa shape index (κ3) is 4.07. The Morgan fingerprint density at radius 2 is 1.69 bits per heavy atom. The summed E-state index contributed by atoms with van der Waals surface area (Å²) in [7, 11) is 6.49. The van der Waals surface area contributed by atoms with Crippen molar-refractivity contribution in [1.82, 2.24) is 15.1 Å². The lowest BCUT2D eigenvalue weighted by molar-refractivity contribution is 0.182. The van der Waals surface area contributed by atoms with Gasteiger partial charge in [-0.1, -0.05) is 0 Å². The molecule has 0 aliphatic carbocycles. The molecule has 0 spiro atoms. The molecule has 0 amide bonds. The van der Waals surface area contributed by atoms with Crippen LogP contribution in [0.4, 0.5) is 0 Å². The Morgan fingerprint density at radius 3 is 2.23 bits per heavy atom. The van der Waals surface area contributed by atoms with Gasteiger partial charge in [0.1, 0.15) is 0 Å². The topological polar surface area (TPSA) is 20.6 Å². The van der Waals surface area contributed by atoms with Crippen LogP contribution in [-0.2, 0) is 0 Å². The maximum Gasteiger partial charge on any atom is 0.0148 e. The van der Waals surface area contributed by atoms with Crippen molar-refractivity contribution < 1.29 is 0 Å². The first-order chi connectivity index (χ1) is 6.20. The second-order valence-electron chi connectivity index (χ2n) is 4.19. The van der Waals surface area contributed by atoms with E-state index in [9.17, 15) is 0 Å². The lowest BCUT2D eigenvalue weighted by Gasteiger charge is -2.31. The van der Waals surface area contributed by atoms with E-state index in [0.717, 1.165) is 25.7 Å². The molecule has 0 aromatic rings. The minimum atomic E-state index is 0.775. The zero-order valence-electron chi connectivity index (χ0n) is 9.16. The predicted molar refractivity (Wildman–Crippen MR) is 56.1 cm³/mol. The van der Waals surface area contributed by atoms with E-state index in [0.29, 0.717) is 0 Å². The van der Waals surface area contributed by atoms with Gasteiger partial charge in [-0.25, -0.2) is 5.32 Å². The Bertz CT molecular complexity index is 130. The van der Waals surface area contributed by atoms with Crippen molar-refractivity contribution in [3.63, 3.8) is 0 Å². The Labute approximate surface area is 82.1 Å². The molecular formula is C10H22N3. The molecule has 13 heavy (non-hydrogen) atoms. The van der Waals surface area contributed by atoms with Gasteiger partial charge < -0.3 is 9.80 Å². The van der Waals surface area contributed by atoms with E-state index in [1.54, 1.807) is 0 Å². The standard InChI is InChI=1S/C10H22N3/c1-12(2)8-9-13(3)10-4-6-11-7-5-10/h10H,4-9H2,1-3H3. The summed E-state index contributed by atoms with van der Waals surface area (Å²) in [5.41, 5.74) is 0. The van der Waals surface area contributed by atoms with E-state index in [1.165, 1.54) is 19.4 Å². The molecule has 1 fully saturated rings. The predicted octanol–water partition coefficient (Wildman–Crippen LogP) is 0.247. The zero-order valence-corrected chi connectivity index (χ0v) is 9.16. The molecule has 0 aromatic carbocycles. The SMILES string of the molecule is CN(C)CCN(C)C1CC[N]CC1. The molecule has 0 unspecified atom stereocenters. The third-order valence-electron chi connectivity index (χ3n) is 2.76. The molecule has 3 nitrogen and oxygen atoms in total. The summed E-state index contributed by atoms with van der Waals surface area (Å²) in [6.45, 7) is 4.47. The molecule has 0 N–H and O–H groups in total. The summed E-state index contributed by atoms with van der Waals surface area (Å²) in [6.07, 6.45) is 2.51. The summed E-state index contributed by atoms with van der Waals surface area (Å²) in [4.78, 5) is 4.72. The first-order valence-electron chi connectivity index (χ1n) is 5.18. The van der Waals surface area contributed by atoms with Crippen molar-refractivity contribution in [3.8, 4) is 0 Å². The molecule has 0 bridgehead atoms. The van der Waals surface area contributed by atoms with Crippen molar-refractivity contribution in [2.75, 3.05) is 47.3 Å². The largest absolute Gasteiger partial charge is 0.308 e. The normalized spacial score (nSPS) is 20.1. The van der Waals surface area contributed by atoms with Gasteiger partial charge in [-0.2, -0.15) is 0 Å². The van der Waals surface area contributed by atoms with E-state index in [1.807, 2.05) is 0 Å². The van der Waals surface area contributed by atoms with E-state index in [2.05, 4.69) is 36.3 Å². The Hall–Kier alpha value is -0.120. The molecule has 1 rings (SSSR count). The van der Waals surface area contributed by atoms with Crippen LogP contribution in [0.5, 0.6) is 0 Å². The first-order valence-corrected chi connectivity index (χ1v) is 5.18. The fourth-order valence-corrected chi connectivity index (χ4v) is 1.72. The Balaban J connectivity index is 2.17. The fraction of sp³-hybridized carbons (Fsp3) is 1.00. The average Bonchev–Trinajstić information content (AvgIpc) is 2.15. The molecule has 0 atom stereocenters. The van der Waals surface area contributed by atoms with Crippen LogP contribution in [0, 0.1) is 0 Å². The van der Waals surface area contributed by atoms with Gasteiger partial charge in [0.05, 0.1) is 0 Å². The molecule has 1 radical (unpaired) electrons. The van der Waals surface area contributed by atoms with Crippen LogP contribution in [0.2, 0.25) is 0 Å². The van der Waals surface area contributed by atoms with Crippen molar-refractivity contribution in [2.45, 2.75) is 18.9 Å². The van der Waals surface area contributed by atoms with Crippen LogP contribution in [0.3, 0.4) is 0 Å². The van der Waals surface area contributed by atoms with Crippen LogP contribution in [0.25, 0.3) is 0 Å². The molecule has 77 valence electrons. The van der Waals surface area contributed by atoms with Gasteiger partial charge in [0.25, 0.3) is 0 Å². The van der Waals surface area contributed by atoms with Crippen molar-refractivity contribution in [2.24, 2.45) is 0 Å². The van der Waals surface area contributed by atoms with Crippen molar-refractivity contribution >= 4 is 0 Å². The smallest absolute Gasteiger partial charge is 0.0148 e. The number of nitrogens with zero attached hydrogens (tertiary/aromatic N) is 3. The summed E-state index contributed by atoms with van der Waals surface area (Å²) in [5.74, 6) is 0. The molecule has 1 aliphatic heterocycles. The van der Waals surface area contributed by atoms with Crippen LogP contribution >= 0.6 is 0 Å². The minimum absolute atomic E-state index is 0.775. The second kappa shape index (κ2) is 5.58. The quantitative estimate of drug-likeness (QED) is 0.624. The van der Waals surface area contributed by atoms with Crippen LogP contribution in [0.1, 0.15) is 12.8 Å². The zero-order chi connectivity index (χ0) is 9.68. The maximum absolute atomic E-state index is 4.37. The lowest BCUT2D eigenvalue weighted by Crippen LogP contribution is -2.41. The van der Waals surface area contributed by atoms with Gasteiger partial charge in [-0.15, -0.1) is 0 Å². The fourth-order valence-electron chi connectivity index (χ4n) is 1.72. The molecule has 1 heterocycles. The number of rotatable bonds is 4. The van der Waals surface area contributed by atoms with E-state index < -0.39 is 0 Å². The van der Waals surface area contributed by atoms with Crippen molar-refractivity contribution in [3.05, 3.63) is 0 Å². The summed E-state index contributed by atoms with van der Waals surface area (Å²) in [5, 5.41) is 4.37. The van der Waals surface area contributed by atoms with Crippen LogP contribution in [0.15, 0.2) is 0 Å². The summed E-state index contributed by atoms with van der Waals surface area (Å²) in [6, 6.07) is 0.775. The average molecular weight is 184 g/mol. The van der Waals surface area contributed by atoms with Crippen molar-refractivity contribution in [1.29, 1.82) is 0 Å². The second-order valence-corrected chi connectivity index (χ2v) is 4.19. The minimum Gasteiger partial charge on any atom is -0.308 e. The number of piperidine rings is 1. The van der Waals surface area contributed by atoms with E-state index in [4.69, 9.17) is 0 Å². The van der Waals surface area contributed by atoms with Gasteiger partial charge in [0.15, 0.2) is 0 Å². The lowest BCUT2D eigenvalue weighted by atomic mass is 10.1. The highest BCUT2D eigenvalue weighted by Crippen LogP contribution is 2.09. The molecule has 3 heteroatoms. The van der Waals surface area contributed by atoms with Gasteiger partial charge in [0.2, 0.25) is 0 Å². The molecule has 0 aromatic heterocycles. The number of likely N-dealkylation sites (N-methyl/N-ethyl adjacent to an activating group) is 2. The summed E-state index contributed by atoms with van der Waals surface area (Å²) >= 11 is 0. The Morgan fingerprint density at radius 1 is 1.08 bits per heavy atom. The Kier molecular flexibility index (Phi) is 4.70. The van der Waals surface area contributed by atoms with Gasteiger partial charge in [0, 0.05) is 32.2 Å². The third-order valence-corrected chi connectivity index (χ3v) is 2.76. The highest BCUT2D eigenvalue weighted by atomic mass is 15.2. The molecular weight excluding hydrogens is 162 g/mol. The van der Waals surface area contributed by atoms with Gasteiger partial charge >= 0.3 is 0 Å². The molecule has 1 aliphatic rings. The number of hydrogen-bond acceptors (Lipinski definition) is 2. The molecule has 1 saturated heterocycles. The highest BCUT2D eigenvalue weighted by Gasteiger charge is 2.17. The van der Waals surface area contributed by atoms with E-state index in [-0.39, 0.29) is 0 Å². The van der Waals surface area contributed by atoms with Crippen LogP contribution < -0.4 is 5.32 Å². The monoisotopic (exact) mass is 184 g/mol. The highest BCUT2D eigenvalue weighted by molar-refractivity contribution is 4.75. The molecule has 0 saturated carbocycles. The van der Waals surface area contributed by atoms with E-state index >= 15 is 0 Å². The first kappa shape index (κ1) is 11.0. The maximum atomic E-state index is 4.37. The van der Waals surface area contributed by atoms with Gasteiger partial charge in [-0.05, 0) is 34.0 Å².